The summed E-state index contributed by atoms with van der Waals surface area (Å²) in [6.45, 7) is 0. The fourth-order valence-corrected chi connectivity index (χ4v) is 2.48. The van der Waals surface area contributed by atoms with E-state index in [1.807, 2.05) is 12.1 Å². The Morgan fingerprint density at radius 1 is 1.28 bits per heavy atom. The number of hydrogen-bond acceptors (Lipinski definition) is 5. The zero-order valence-corrected chi connectivity index (χ0v) is 10.4. The number of thioether (sulfide) groups is 1. The van der Waals surface area contributed by atoms with Gasteiger partial charge in [-0.25, -0.2) is 0 Å². The van der Waals surface area contributed by atoms with E-state index in [9.17, 15) is 10.1 Å². The molecule has 0 saturated heterocycles. The van der Waals surface area contributed by atoms with Gasteiger partial charge in [0.25, 0.3) is 5.69 Å². The third kappa shape index (κ3) is 2.84. The average Bonchev–Trinajstić information content (AvgIpc) is 2.84. The highest BCUT2D eigenvalue weighted by molar-refractivity contribution is 7.97. The molecule has 94 valence electrons. The van der Waals surface area contributed by atoms with Gasteiger partial charge >= 0.3 is 0 Å². The highest BCUT2D eigenvalue weighted by Gasteiger charge is 2.13. The molecule has 0 spiro atoms. The highest BCUT2D eigenvalue weighted by atomic mass is 32.2. The van der Waals surface area contributed by atoms with E-state index >= 15 is 0 Å². The molecule has 0 saturated carbocycles. The molecule has 0 atom stereocenters. The fourth-order valence-electron chi connectivity index (χ4n) is 1.54. The first-order valence-corrected chi connectivity index (χ1v) is 6.46. The predicted molar refractivity (Wildman–Crippen MR) is 71.2 cm³/mol. The summed E-state index contributed by atoms with van der Waals surface area (Å²) in [6, 6.07) is 8.59. The van der Waals surface area contributed by atoms with Gasteiger partial charge in [0.2, 0.25) is 0 Å². The molecule has 0 amide bonds. The van der Waals surface area contributed by atoms with Gasteiger partial charge in [0.05, 0.1) is 16.9 Å². The number of nitrogens with zero attached hydrogens (tertiary/aromatic N) is 1. The van der Waals surface area contributed by atoms with Crippen molar-refractivity contribution >= 4 is 23.1 Å². The molecule has 1 heterocycles. The van der Waals surface area contributed by atoms with Crippen LogP contribution in [0.3, 0.4) is 0 Å². The first kappa shape index (κ1) is 12.5. The lowest BCUT2D eigenvalue weighted by atomic mass is 10.2. The molecule has 0 unspecified atom stereocenters. The summed E-state index contributed by atoms with van der Waals surface area (Å²) in [7, 11) is 0. The molecule has 18 heavy (non-hydrogen) atoms. The second-order valence-corrected chi connectivity index (χ2v) is 4.66. The largest absolute Gasteiger partial charge is 0.468 e. The first-order valence-electron chi connectivity index (χ1n) is 5.30. The van der Waals surface area contributed by atoms with Crippen LogP contribution in [0.25, 0.3) is 0 Å². The van der Waals surface area contributed by atoms with Gasteiger partial charge in [0.15, 0.2) is 0 Å². The van der Waals surface area contributed by atoms with Crippen LogP contribution in [0.15, 0.2) is 41.0 Å². The van der Waals surface area contributed by atoms with Crippen LogP contribution < -0.4 is 5.73 Å². The number of anilines is 1. The summed E-state index contributed by atoms with van der Waals surface area (Å²) in [4.78, 5) is 10.3. The summed E-state index contributed by atoms with van der Waals surface area (Å²) in [5, 5.41) is 10.7. The van der Waals surface area contributed by atoms with Gasteiger partial charge in [-0.3, -0.25) is 10.1 Å². The van der Waals surface area contributed by atoms with Crippen LogP contribution in [0.1, 0.15) is 11.3 Å². The minimum Gasteiger partial charge on any atom is -0.468 e. The van der Waals surface area contributed by atoms with Gasteiger partial charge in [0.1, 0.15) is 11.4 Å². The first-order chi connectivity index (χ1) is 8.68. The summed E-state index contributed by atoms with van der Waals surface area (Å²) in [5.41, 5.74) is 6.75. The summed E-state index contributed by atoms with van der Waals surface area (Å²) >= 11 is 1.60. The third-order valence-electron chi connectivity index (χ3n) is 2.45. The topological polar surface area (TPSA) is 82.3 Å². The van der Waals surface area contributed by atoms with E-state index < -0.39 is 4.92 Å². The lowest BCUT2D eigenvalue weighted by molar-refractivity contribution is -0.383. The van der Waals surface area contributed by atoms with Gasteiger partial charge in [-0.1, -0.05) is 12.1 Å². The number of nitrogen functional groups attached to an aromatic ring is 1. The lowest BCUT2D eigenvalue weighted by Crippen LogP contribution is -1.99. The van der Waals surface area contributed by atoms with E-state index in [0.29, 0.717) is 5.75 Å². The molecule has 2 aromatic rings. The van der Waals surface area contributed by atoms with E-state index in [1.54, 1.807) is 30.2 Å². The maximum absolute atomic E-state index is 10.7. The zero-order chi connectivity index (χ0) is 13.0. The summed E-state index contributed by atoms with van der Waals surface area (Å²) in [6.07, 6.45) is 1.62. The van der Waals surface area contributed by atoms with E-state index in [-0.39, 0.29) is 11.4 Å². The van der Waals surface area contributed by atoms with Crippen molar-refractivity contribution in [3.05, 3.63) is 58.0 Å². The Balaban J connectivity index is 2.01. The van der Waals surface area contributed by atoms with E-state index in [0.717, 1.165) is 17.1 Å². The number of rotatable bonds is 5. The van der Waals surface area contributed by atoms with Crippen LogP contribution in [-0.2, 0) is 11.5 Å². The number of nitrogens with two attached hydrogens (primary N) is 1. The number of nitro groups is 1. The van der Waals surface area contributed by atoms with Gasteiger partial charge in [-0.15, -0.1) is 11.8 Å². The monoisotopic (exact) mass is 264 g/mol. The van der Waals surface area contributed by atoms with Gasteiger partial charge < -0.3 is 10.2 Å². The number of hydrogen-bond donors (Lipinski definition) is 1. The number of furan rings is 1. The molecule has 0 aliphatic carbocycles. The Morgan fingerprint density at radius 3 is 2.78 bits per heavy atom. The molecule has 2 rings (SSSR count). The highest BCUT2D eigenvalue weighted by Crippen LogP contribution is 2.28. The van der Waals surface area contributed by atoms with Crippen LogP contribution in [0, 0.1) is 10.1 Å². The summed E-state index contributed by atoms with van der Waals surface area (Å²) < 4.78 is 5.20. The molecule has 1 aromatic heterocycles. The van der Waals surface area contributed by atoms with Crippen LogP contribution in [0.5, 0.6) is 0 Å². The Bertz CT molecular complexity index is 540. The van der Waals surface area contributed by atoms with Crippen molar-refractivity contribution < 1.29 is 9.34 Å². The molecule has 0 bridgehead atoms. The number of nitro benzene ring substituents is 1. The molecular formula is C12H12N2O3S. The molecular weight excluding hydrogens is 252 g/mol. The normalized spacial score (nSPS) is 10.4. The molecule has 2 N–H and O–H groups in total. The van der Waals surface area contributed by atoms with Gasteiger partial charge in [-0.2, -0.15) is 0 Å². The lowest BCUT2D eigenvalue weighted by Gasteiger charge is -2.05. The molecule has 1 aromatic carbocycles. The van der Waals surface area contributed by atoms with Gasteiger partial charge in [-0.05, 0) is 17.7 Å². The molecule has 0 fully saturated rings. The molecule has 0 aliphatic heterocycles. The maximum atomic E-state index is 10.7. The standard InChI is InChI=1S/C12H12N2O3S/c13-12-9(3-1-5-11(12)14(15)16)7-18-8-10-4-2-6-17-10/h1-6H,7-8,13H2. The van der Waals surface area contributed by atoms with Crippen molar-refractivity contribution in [2.24, 2.45) is 0 Å². The quantitative estimate of drug-likeness (QED) is 0.509. The second-order valence-electron chi connectivity index (χ2n) is 3.68. The van der Waals surface area contributed by atoms with E-state index in [1.165, 1.54) is 6.07 Å². The molecule has 0 radical (unpaired) electrons. The predicted octanol–water partition coefficient (Wildman–Crippen LogP) is 3.20. The Labute approximate surface area is 108 Å². The van der Waals surface area contributed by atoms with Crippen molar-refractivity contribution in [3.8, 4) is 0 Å². The minimum atomic E-state index is -0.462. The van der Waals surface area contributed by atoms with Crippen LogP contribution in [-0.4, -0.2) is 4.92 Å². The van der Waals surface area contributed by atoms with Crippen molar-refractivity contribution in [3.63, 3.8) is 0 Å². The smallest absolute Gasteiger partial charge is 0.292 e. The molecule has 6 heteroatoms. The SMILES string of the molecule is Nc1c(CSCc2ccco2)cccc1[N+](=O)[O-]. The Morgan fingerprint density at radius 2 is 2.11 bits per heavy atom. The number of benzene rings is 1. The van der Waals surface area contributed by atoms with E-state index in [2.05, 4.69) is 0 Å². The Kier molecular flexibility index (Phi) is 3.88. The van der Waals surface area contributed by atoms with Crippen molar-refractivity contribution in [1.29, 1.82) is 0 Å². The van der Waals surface area contributed by atoms with Crippen LogP contribution >= 0.6 is 11.8 Å². The van der Waals surface area contributed by atoms with E-state index in [4.69, 9.17) is 10.2 Å². The van der Waals surface area contributed by atoms with Crippen LogP contribution in [0.4, 0.5) is 11.4 Å². The summed E-state index contributed by atoms with van der Waals surface area (Å²) in [5.74, 6) is 2.22. The molecule has 5 nitrogen and oxygen atoms in total. The third-order valence-corrected chi connectivity index (χ3v) is 3.46. The van der Waals surface area contributed by atoms with Crippen molar-refractivity contribution in [2.75, 3.05) is 5.73 Å². The minimum absolute atomic E-state index is 0.0360. The average molecular weight is 264 g/mol. The fraction of sp³-hybridized carbons (Fsp3) is 0.167. The second kappa shape index (κ2) is 5.59. The number of para-hydroxylation sites is 1. The zero-order valence-electron chi connectivity index (χ0n) is 9.54. The maximum Gasteiger partial charge on any atom is 0.292 e. The van der Waals surface area contributed by atoms with Crippen molar-refractivity contribution in [1.82, 2.24) is 0 Å². The molecule has 0 aliphatic rings. The van der Waals surface area contributed by atoms with Gasteiger partial charge in [0, 0.05) is 11.8 Å². The van der Waals surface area contributed by atoms with Crippen LogP contribution in [0.2, 0.25) is 0 Å². The Hall–Kier alpha value is -1.95. The van der Waals surface area contributed by atoms with Crippen molar-refractivity contribution in [2.45, 2.75) is 11.5 Å².